The Kier molecular flexibility index (Phi) is 10.5. The number of amides is 3. The number of benzene rings is 3. The highest BCUT2D eigenvalue weighted by Gasteiger charge is 2.37. The van der Waals surface area contributed by atoms with Gasteiger partial charge in [-0.05, 0) is 35.4 Å². The minimum Gasteiger partial charge on any atom is -0.467 e. The number of thioether (sulfide) groups is 1. The van der Waals surface area contributed by atoms with E-state index in [4.69, 9.17) is 32.7 Å². The maximum atomic E-state index is 13.2. The van der Waals surface area contributed by atoms with Crippen LogP contribution < -0.4 is 10.6 Å². The summed E-state index contributed by atoms with van der Waals surface area (Å²) >= 11 is 13.7. The zero-order valence-corrected chi connectivity index (χ0v) is 24.3. The van der Waals surface area contributed by atoms with Gasteiger partial charge in [0.25, 0.3) is 5.91 Å². The SMILES string of the molecule is COC(=O)C(Cc1ccc(NC(=O)c2c(Cl)cccc2Cl)cc1)NC(=O)C1CSCN1C(=O)OCc1ccccc1. The highest BCUT2D eigenvalue weighted by atomic mass is 35.5. The van der Waals surface area contributed by atoms with Crippen molar-refractivity contribution in [1.29, 1.82) is 0 Å². The molecule has 1 saturated heterocycles. The third-order valence-electron chi connectivity index (χ3n) is 6.27. The molecule has 1 fully saturated rings. The number of ether oxygens (including phenoxy) is 2. The van der Waals surface area contributed by atoms with Gasteiger partial charge < -0.3 is 20.1 Å². The number of nitrogens with zero attached hydrogens (tertiary/aromatic N) is 1. The van der Waals surface area contributed by atoms with Crippen molar-refractivity contribution >= 4 is 64.5 Å². The summed E-state index contributed by atoms with van der Waals surface area (Å²) in [6.45, 7) is 0.0852. The normalized spacial score (nSPS) is 15.1. The first-order valence-electron chi connectivity index (χ1n) is 12.5. The molecule has 2 unspecified atom stereocenters. The number of halogens is 2. The lowest BCUT2D eigenvalue weighted by Crippen LogP contribution is -2.52. The number of carbonyl (C=O) groups excluding carboxylic acids is 4. The molecule has 0 radical (unpaired) electrons. The average molecular weight is 617 g/mol. The number of methoxy groups -OCH3 is 1. The van der Waals surface area contributed by atoms with Gasteiger partial charge in [-0.15, -0.1) is 11.8 Å². The van der Waals surface area contributed by atoms with Crippen LogP contribution in [0.3, 0.4) is 0 Å². The van der Waals surface area contributed by atoms with Crippen LogP contribution in [0.5, 0.6) is 0 Å². The van der Waals surface area contributed by atoms with E-state index < -0.39 is 36.0 Å². The van der Waals surface area contributed by atoms with E-state index in [2.05, 4.69) is 10.6 Å². The van der Waals surface area contributed by atoms with E-state index in [9.17, 15) is 19.2 Å². The number of esters is 1. The summed E-state index contributed by atoms with van der Waals surface area (Å²) in [5.74, 6) is -0.921. The number of rotatable bonds is 9. The molecule has 12 heteroatoms. The van der Waals surface area contributed by atoms with E-state index in [0.717, 1.165) is 5.56 Å². The van der Waals surface area contributed by atoms with E-state index in [1.165, 1.54) is 23.8 Å². The zero-order chi connectivity index (χ0) is 29.4. The van der Waals surface area contributed by atoms with Crippen LogP contribution in [-0.2, 0) is 32.1 Å². The van der Waals surface area contributed by atoms with Gasteiger partial charge in [0.1, 0.15) is 18.7 Å². The number of hydrogen-bond acceptors (Lipinski definition) is 7. The molecule has 214 valence electrons. The van der Waals surface area contributed by atoms with E-state index in [-0.39, 0.29) is 28.6 Å². The van der Waals surface area contributed by atoms with Crippen LogP contribution in [0.1, 0.15) is 21.5 Å². The third kappa shape index (κ3) is 7.93. The first kappa shape index (κ1) is 30.2. The molecule has 9 nitrogen and oxygen atoms in total. The summed E-state index contributed by atoms with van der Waals surface area (Å²) in [6.07, 6.45) is -0.481. The molecule has 3 amide bonds. The highest BCUT2D eigenvalue weighted by Crippen LogP contribution is 2.26. The molecular formula is C29H27Cl2N3O6S. The van der Waals surface area contributed by atoms with Crippen LogP contribution in [0.4, 0.5) is 10.5 Å². The van der Waals surface area contributed by atoms with Crippen molar-refractivity contribution < 1.29 is 28.7 Å². The van der Waals surface area contributed by atoms with Gasteiger partial charge in [0.15, 0.2) is 0 Å². The van der Waals surface area contributed by atoms with Crippen molar-refractivity contribution in [1.82, 2.24) is 10.2 Å². The van der Waals surface area contributed by atoms with Crippen molar-refractivity contribution in [3.8, 4) is 0 Å². The fourth-order valence-corrected chi connectivity index (χ4v) is 5.82. The Balaban J connectivity index is 1.37. The Bertz CT molecular complexity index is 1390. The second-order valence-electron chi connectivity index (χ2n) is 9.06. The second kappa shape index (κ2) is 14.2. The van der Waals surface area contributed by atoms with Crippen molar-refractivity contribution in [2.75, 3.05) is 24.1 Å². The van der Waals surface area contributed by atoms with Crippen molar-refractivity contribution in [3.63, 3.8) is 0 Å². The molecule has 2 N–H and O–H groups in total. The van der Waals surface area contributed by atoms with Gasteiger partial charge >= 0.3 is 12.1 Å². The lowest BCUT2D eigenvalue weighted by Gasteiger charge is -2.24. The number of anilines is 1. The molecule has 1 aliphatic rings. The average Bonchev–Trinajstić information content (AvgIpc) is 3.47. The van der Waals surface area contributed by atoms with E-state index >= 15 is 0 Å². The smallest absolute Gasteiger partial charge is 0.411 e. The highest BCUT2D eigenvalue weighted by molar-refractivity contribution is 7.99. The summed E-state index contributed by atoms with van der Waals surface area (Å²) in [5.41, 5.74) is 2.18. The molecule has 2 atom stereocenters. The van der Waals surface area contributed by atoms with Crippen LogP contribution in [0.2, 0.25) is 10.0 Å². The summed E-state index contributed by atoms with van der Waals surface area (Å²) in [4.78, 5) is 52.4. The van der Waals surface area contributed by atoms with E-state index in [0.29, 0.717) is 22.9 Å². The molecule has 0 spiro atoms. The molecule has 3 aromatic carbocycles. The van der Waals surface area contributed by atoms with Crippen molar-refractivity contribution in [3.05, 3.63) is 99.5 Å². The minimum absolute atomic E-state index is 0.0852. The van der Waals surface area contributed by atoms with E-state index in [1.54, 1.807) is 42.5 Å². The molecule has 3 aromatic rings. The van der Waals surface area contributed by atoms with Gasteiger partial charge in [0.2, 0.25) is 5.91 Å². The fraction of sp³-hybridized carbons (Fsp3) is 0.241. The van der Waals surface area contributed by atoms with Gasteiger partial charge in [-0.1, -0.05) is 71.7 Å². The first-order chi connectivity index (χ1) is 19.8. The fourth-order valence-electron chi connectivity index (χ4n) is 4.11. The maximum Gasteiger partial charge on any atom is 0.411 e. The van der Waals surface area contributed by atoms with Crippen LogP contribution in [0.15, 0.2) is 72.8 Å². The maximum absolute atomic E-state index is 13.2. The largest absolute Gasteiger partial charge is 0.467 e. The summed E-state index contributed by atoms with van der Waals surface area (Å²) < 4.78 is 10.3. The standard InChI is InChI=1S/C29H27Cl2N3O6S/c1-39-28(37)23(14-18-10-12-20(13-11-18)32-27(36)25-21(30)8-5-9-22(25)31)33-26(35)24-16-41-17-34(24)29(38)40-15-19-6-3-2-4-7-19/h2-13,23-24H,14-17H2,1H3,(H,32,36)(H,33,35). The molecule has 41 heavy (non-hydrogen) atoms. The summed E-state index contributed by atoms with van der Waals surface area (Å²) in [6, 6.07) is 19.0. The molecule has 1 aliphatic heterocycles. The molecular weight excluding hydrogens is 589 g/mol. The molecule has 0 aliphatic carbocycles. The lowest BCUT2D eigenvalue weighted by atomic mass is 10.0. The quantitative estimate of drug-likeness (QED) is 0.320. The Morgan fingerprint density at radius 3 is 2.29 bits per heavy atom. The number of hydrogen-bond donors (Lipinski definition) is 2. The van der Waals surface area contributed by atoms with Crippen molar-refractivity contribution in [2.45, 2.75) is 25.1 Å². The topological polar surface area (TPSA) is 114 Å². The Hall–Kier alpha value is -3.73. The molecule has 1 heterocycles. The molecule has 0 saturated carbocycles. The first-order valence-corrected chi connectivity index (χ1v) is 14.5. The number of carbonyl (C=O) groups is 4. The second-order valence-corrected chi connectivity index (χ2v) is 10.9. The monoisotopic (exact) mass is 615 g/mol. The molecule has 0 aromatic heterocycles. The van der Waals surface area contributed by atoms with Gasteiger partial charge in [0, 0.05) is 17.9 Å². The Morgan fingerprint density at radius 2 is 1.63 bits per heavy atom. The van der Waals surface area contributed by atoms with Crippen LogP contribution >= 0.6 is 35.0 Å². The number of nitrogens with one attached hydrogen (secondary N) is 2. The van der Waals surface area contributed by atoms with Crippen LogP contribution in [-0.4, -0.2) is 59.6 Å². The van der Waals surface area contributed by atoms with Gasteiger partial charge in [0.05, 0.1) is 28.6 Å². The Morgan fingerprint density at radius 1 is 0.951 bits per heavy atom. The van der Waals surface area contributed by atoms with Crippen LogP contribution in [0, 0.1) is 0 Å². The minimum atomic E-state index is -0.998. The zero-order valence-electron chi connectivity index (χ0n) is 22.0. The van der Waals surface area contributed by atoms with Crippen molar-refractivity contribution in [2.24, 2.45) is 0 Å². The van der Waals surface area contributed by atoms with Gasteiger partial charge in [-0.2, -0.15) is 0 Å². The molecule has 4 rings (SSSR count). The summed E-state index contributed by atoms with van der Waals surface area (Å²) in [5, 5.41) is 5.92. The summed E-state index contributed by atoms with van der Waals surface area (Å²) in [7, 11) is 1.23. The third-order valence-corrected chi connectivity index (χ3v) is 7.91. The van der Waals surface area contributed by atoms with E-state index in [1.807, 2.05) is 30.3 Å². The Labute approximate surface area is 251 Å². The predicted octanol–water partition coefficient (Wildman–Crippen LogP) is 5.16. The molecule has 0 bridgehead atoms. The van der Waals surface area contributed by atoms with Gasteiger partial charge in [-0.25, -0.2) is 9.59 Å². The van der Waals surface area contributed by atoms with Crippen LogP contribution in [0.25, 0.3) is 0 Å². The predicted molar refractivity (Wildman–Crippen MR) is 158 cm³/mol. The van der Waals surface area contributed by atoms with Gasteiger partial charge in [-0.3, -0.25) is 14.5 Å². The lowest BCUT2D eigenvalue weighted by molar-refractivity contribution is -0.145.